The summed E-state index contributed by atoms with van der Waals surface area (Å²) in [5.41, 5.74) is 0. The number of hydrogen-bond acceptors (Lipinski definition) is 1. The van der Waals surface area contributed by atoms with Crippen LogP contribution in [0.4, 0.5) is 0 Å². The van der Waals surface area contributed by atoms with Gasteiger partial charge in [0.2, 0.25) is 0 Å². The highest BCUT2D eigenvalue weighted by atomic mass is 32.2. The zero-order chi connectivity index (χ0) is 7.66. The second kappa shape index (κ2) is 9.09. The van der Waals surface area contributed by atoms with Crippen molar-refractivity contribution >= 4 is 11.8 Å². The third-order valence-corrected chi connectivity index (χ3v) is 2.35. The maximum Gasteiger partial charge on any atom is 0.0113 e. The van der Waals surface area contributed by atoms with E-state index in [2.05, 4.69) is 26.0 Å². The minimum absolute atomic E-state index is 1.19. The lowest BCUT2D eigenvalue weighted by Gasteiger charge is -1.95. The van der Waals surface area contributed by atoms with Gasteiger partial charge in [0.15, 0.2) is 0 Å². The van der Waals surface area contributed by atoms with Crippen molar-refractivity contribution in [1.29, 1.82) is 0 Å². The summed E-state index contributed by atoms with van der Waals surface area (Å²) in [7, 11) is 0. The van der Waals surface area contributed by atoms with Gasteiger partial charge in [-0.3, -0.25) is 0 Å². The molecular weight excluding hydrogens is 140 g/mol. The number of thioether (sulfide) groups is 1. The van der Waals surface area contributed by atoms with E-state index in [0.29, 0.717) is 0 Å². The lowest BCUT2D eigenvalue weighted by Crippen LogP contribution is -1.79. The van der Waals surface area contributed by atoms with E-state index in [0.717, 1.165) is 0 Å². The molecule has 0 nitrogen and oxygen atoms in total. The molecule has 0 bridgehead atoms. The molecule has 0 N–H and O–H groups in total. The smallest absolute Gasteiger partial charge is 0.0113 e. The normalized spacial score (nSPS) is 11.0. The summed E-state index contributed by atoms with van der Waals surface area (Å²) in [6.07, 6.45) is 8.45. The molecule has 60 valence electrons. The van der Waals surface area contributed by atoms with Crippen molar-refractivity contribution in [3.05, 3.63) is 12.2 Å². The highest BCUT2D eigenvalue weighted by molar-refractivity contribution is 7.99. The highest BCUT2D eigenvalue weighted by Gasteiger charge is 1.84. The summed E-state index contributed by atoms with van der Waals surface area (Å²) in [6.45, 7) is 4.32. The molecule has 0 radical (unpaired) electrons. The van der Waals surface area contributed by atoms with E-state index in [1.165, 1.54) is 30.8 Å². The molecule has 0 amide bonds. The zero-order valence-electron chi connectivity index (χ0n) is 7.10. The number of allylic oxidation sites excluding steroid dienone is 1. The van der Waals surface area contributed by atoms with E-state index in [-0.39, 0.29) is 0 Å². The van der Waals surface area contributed by atoms with Crippen molar-refractivity contribution in [2.75, 3.05) is 11.5 Å². The fraction of sp³-hybridized carbons (Fsp3) is 0.778. The first-order valence-electron chi connectivity index (χ1n) is 4.10. The van der Waals surface area contributed by atoms with Gasteiger partial charge in [-0.1, -0.05) is 31.9 Å². The molecule has 0 heterocycles. The van der Waals surface area contributed by atoms with Crippen molar-refractivity contribution in [3.8, 4) is 0 Å². The van der Waals surface area contributed by atoms with Crippen LogP contribution in [0.5, 0.6) is 0 Å². The van der Waals surface area contributed by atoms with Gasteiger partial charge >= 0.3 is 0 Å². The van der Waals surface area contributed by atoms with Crippen LogP contribution in [0, 0.1) is 0 Å². The second-order valence-electron chi connectivity index (χ2n) is 2.35. The molecule has 0 aliphatic heterocycles. The lowest BCUT2D eigenvalue weighted by atomic mass is 10.3. The summed E-state index contributed by atoms with van der Waals surface area (Å²) >= 11 is 2.03. The molecule has 0 rings (SSSR count). The summed E-state index contributed by atoms with van der Waals surface area (Å²) < 4.78 is 0. The molecular formula is C9H18S. The monoisotopic (exact) mass is 158 g/mol. The van der Waals surface area contributed by atoms with Gasteiger partial charge in [-0.05, 0) is 19.1 Å². The maximum absolute atomic E-state index is 2.25. The van der Waals surface area contributed by atoms with Crippen LogP contribution in [0.15, 0.2) is 12.2 Å². The van der Waals surface area contributed by atoms with Crippen LogP contribution in [0.2, 0.25) is 0 Å². The standard InChI is InChI=1S/C9H18S/c1-3-5-7-9-10-8-6-4-2/h4,6H,3,5,7-9H2,1-2H3/b6-4+. The van der Waals surface area contributed by atoms with Gasteiger partial charge in [0.25, 0.3) is 0 Å². The average Bonchev–Trinajstić information content (AvgIpc) is 1.97. The van der Waals surface area contributed by atoms with E-state index in [4.69, 9.17) is 0 Å². The number of hydrogen-bond donors (Lipinski definition) is 0. The third kappa shape index (κ3) is 8.09. The van der Waals surface area contributed by atoms with Gasteiger partial charge in [-0.25, -0.2) is 0 Å². The Hall–Kier alpha value is 0.0900. The van der Waals surface area contributed by atoms with Crippen LogP contribution in [0.3, 0.4) is 0 Å². The summed E-state index contributed by atoms with van der Waals surface area (Å²) in [4.78, 5) is 0. The quantitative estimate of drug-likeness (QED) is 0.421. The van der Waals surface area contributed by atoms with Crippen LogP contribution in [0.1, 0.15) is 33.1 Å². The van der Waals surface area contributed by atoms with Gasteiger partial charge < -0.3 is 0 Å². The number of rotatable bonds is 6. The average molecular weight is 158 g/mol. The minimum atomic E-state index is 1.19. The minimum Gasteiger partial charge on any atom is -0.158 e. The van der Waals surface area contributed by atoms with E-state index in [1.807, 2.05) is 11.8 Å². The lowest BCUT2D eigenvalue weighted by molar-refractivity contribution is 0.779. The highest BCUT2D eigenvalue weighted by Crippen LogP contribution is 2.05. The Morgan fingerprint density at radius 2 is 2.10 bits per heavy atom. The molecule has 10 heavy (non-hydrogen) atoms. The maximum atomic E-state index is 2.25. The molecule has 1 heteroatoms. The molecule has 0 aromatic heterocycles. The Morgan fingerprint density at radius 3 is 2.70 bits per heavy atom. The predicted octanol–water partition coefficient (Wildman–Crippen LogP) is 3.49. The second-order valence-corrected chi connectivity index (χ2v) is 3.50. The van der Waals surface area contributed by atoms with E-state index in [1.54, 1.807) is 0 Å². The first kappa shape index (κ1) is 10.1. The molecule has 0 aromatic rings. The molecule has 0 spiro atoms. The van der Waals surface area contributed by atoms with Crippen molar-refractivity contribution < 1.29 is 0 Å². The van der Waals surface area contributed by atoms with E-state index >= 15 is 0 Å². The van der Waals surface area contributed by atoms with Crippen LogP contribution < -0.4 is 0 Å². The molecule has 0 aliphatic carbocycles. The molecule has 0 atom stereocenters. The Labute approximate surface area is 69.1 Å². The Bertz CT molecular complexity index is 76.8. The van der Waals surface area contributed by atoms with Crippen molar-refractivity contribution in [3.63, 3.8) is 0 Å². The third-order valence-electron chi connectivity index (χ3n) is 1.34. The van der Waals surface area contributed by atoms with Crippen LogP contribution >= 0.6 is 11.8 Å². The van der Waals surface area contributed by atoms with E-state index < -0.39 is 0 Å². The fourth-order valence-electron chi connectivity index (χ4n) is 0.702. The van der Waals surface area contributed by atoms with Crippen molar-refractivity contribution in [1.82, 2.24) is 0 Å². The Kier molecular flexibility index (Phi) is 9.17. The molecule has 0 aromatic carbocycles. The van der Waals surface area contributed by atoms with E-state index in [9.17, 15) is 0 Å². The zero-order valence-corrected chi connectivity index (χ0v) is 7.91. The fourth-order valence-corrected chi connectivity index (χ4v) is 1.61. The summed E-state index contributed by atoms with van der Waals surface area (Å²) in [5.74, 6) is 2.53. The number of unbranched alkanes of at least 4 members (excludes halogenated alkanes) is 2. The van der Waals surface area contributed by atoms with Gasteiger partial charge in [-0.15, -0.1) is 0 Å². The molecule has 0 aliphatic rings. The van der Waals surface area contributed by atoms with Gasteiger partial charge in [-0.2, -0.15) is 11.8 Å². The van der Waals surface area contributed by atoms with Crippen LogP contribution in [0.25, 0.3) is 0 Å². The van der Waals surface area contributed by atoms with Gasteiger partial charge in [0.05, 0.1) is 0 Å². The van der Waals surface area contributed by atoms with Crippen LogP contribution in [-0.4, -0.2) is 11.5 Å². The van der Waals surface area contributed by atoms with Crippen molar-refractivity contribution in [2.24, 2.45) is 0 Å². The SMILES string of the molecule is C/C=C/CSCCCCC. The Morgan fingerprint density at radius 1 is 1.30 bits per heavy atom. The van der Waals surface area contributed by atoms with Crippen molar-refractivity contribution in [2.45, 2.75) is 33.1 Å². The predicted molar refractivity (Wildman–Crippen MR) is 51.7 cm³/mol. The molecule has 0 saturated heterocycles. The molecule has 0 fully saturated rings. The molecule has 0 saturated carbocycles. The Balaban J connectivity index is 2.77. The largest absolute Gasteiger partial charge is 0.158 e. The first-order valence-corrected chi connectivity index (χ1v) is 5.26. The topological polar surface area (TPSA) is 0 Å². The van der Waals surface area contributed by atoms with Gasteiger partial charge in [0, 0.05) is 5.75 Å². The van der Waals surface area contributed by atoms with Gasteiger partial charge in [0.1, 0.15) is 0 Å². The first-order chi connectivity index (χ1) is 4.91. The van der Waals surface area contributed by atoms with Crippen LogP contribution in [-0.2, 0) is 0 Å². The molecule has 0 unspecified atom stereocenters. The summed E-state index contributed by atoms with van der Waals surface area (Å²) in [5, 5.41) is 0. The summed E-state index contributed by atoms with van der Waals surface area (Å²) in [6, 6.07) is 0.